The van der Waals surface area contributed by atoms with Gasteiger partial charge in [0.2, 0.25) is 0 Å². The lowest BCUT2D eigenvalue weighted by atomic mass is 10.1. The maximum absolute atomic E-state index is 12.2. The highest BCUT2D eigenvalue weighted by Gasteiger charge is 2.17. The summed E-state index contributed by atoms with van der Waals surface area (Å²) in [5.41, 5.74) is 7.49. The van der Waals surface area contributed by atoms with E-state index < -0.39 is 5.91 Å². The molecule has 1 aromatic carbocycles. The quantitative estimate of drug-likeness (QED) is 0.797. The van der Waals surface area contributed by atoms with E-state index in [-0.39, 0.29) is 21.3 Å². The zero-order valence-corrected chi connectivity index (χ0v) is 13.6. The van der Waals surface area contributed by atoms with Crippen LogP contribution in [-0.4, -0.2) is 5.91 Å². The molecule has 0 unspecified atom stereocenters. The summed E-state index contributed by atoms with van der Waals surface area (Å²) in [6, 6.07) is 4.98. The molecule has 3 N–H and O–H groups in total. The first-order chi connectivity index (χ1) is 9.85. The number of carbonyl (C=O) groups excluding carboxylic acids is 1. The predicted octanol–water partition coefficient (Wildman–Crippen LogP) is 4.38. The molecule has 0 atom stereocenters. The van der Waals surface area contributed by atoms with Crippen molar-refractivity contribution < 1.29 is 4.79 Å². The van der Waals surface area contributed by atoms with Crippen LogP contribution in [0.2, 0.25) is 10.0 Å². The number of carbonyl (C=O) groups is 1. The van der Waals surface area contributed by atoms with E-state index in [1.807, 2.05) is 13.8 Å². The van der Waals surface area contributed by atoms with Gasteiger partial charge in [-0.1, -0.05) is 23.2 Å². The van der Waals surface area contributed by atoms with E-state index in [1.54, 1.807) is 0 Å². The van der Waals surface area contributed by atoms with E-state index in [2.05, 4.69) is 11.4 Å². The number of anilines is 2. The first-order valence-corrected chi connectivity index (χ1v) is 7.48. The normalized spacial score (nSPS) is 10.2. The number of thiophene rings is 1. The lowest BCUT2D eigenvalue weighted by Crippen LogP contribution is -2.12. The van der Waals surface area contributed by atoms with Crippen molar-refractivity contribution in [3.8, 4) is 6.07 Å². The number of nitrogens with two attached hydrogens (primary N) is 1. The van der Waals surface area contributed by atoms with Gasteiger partial charge in [-0.15, -0.1) is 11.3 Å². The van der Waals surface area contributed by atoms with Gasteiger partial charge in [0.05, 0.1) is 21.3 Å². The van der Waals surface area contributed by atoms with Crippen LogP contribution in [0.1, 0.15) is 26.4 Å². The van der Waals surface area contributed by atoms with Crippen LogP contribution in [0.3, 0.4) is 0 Å². The monoisotopic (exact) mass is 339 g/mol. The van der Waals surface area contributed by atoms with E-state index in [9.17, 15) is 4.79 Å². The molecule has 0 saturated heterocycles. The van der Waals surface area contributed by atoms with Crippen LogP contribution in [0.25, 0.3) is 0 Å². The maximum Gasteiger partial charge on any atom is 0.256 e. The minimum absolute atomic E-state index is 0.215. The number of amides is 1. The molecule has 0 aliphatic rings. The molecule has 0 spiro atoms. The topological polar surface area (TPSA) is 78.9 Å². The van der Waals surface area contributed by atoms with Crippen molar-refractivity contribution in [2.45, 2.75) is 13.8 Å². The molecule has 0 saturated carbocycles. The Bertz CT molecular complexity index is 754. The van der Waals surface area contributed by atoms with Crippen LogP contribution in [0.4, 0.5) is 10.7 Å². The third-order valence-electron chi connectivity index (χ3n) is 3.07. The van der Waals surface area contributed by atoms with E-state index in [4.69, 9.17) is 34.2 Å². The molecule has 1 amide bonds. The highest BCUT2D eigenvalue weighted by molar-refractivity contribution is 7.16. The molecule has 7 heteroatoms. The number of nitrogen functional groups attached to an aromatic ring is 1. The van der Waals surface area contributed by atoms with E-state index in [0.29, 0.717) is 10.6 Å². The van der Waals surface area contributed by atoms with Crippen LogP contribution >= 0.6 is 34.5 Å². The molecule has 0 bridgehead atoms. The molecule has 2 aromatic rings. The molecule has 108 valence electrons. The number of halogens is 2. The third kappa shape index (κ3) is 2.98. The Hall–Kier alpha value is -1.74. The number of rotatable bonds is 2. The average molecular weight is 340 g/mol. The average Bonchev–Trinajstić information content (AvgIpc) is 2.70. The molecular formula is C14H11Cl2N3OS. The summed E-state index contributed by atoms with van der Waals surface area (Å²) in [6.45, 7) is 3.74. The van der Waals surface area contributed by atoms with E-state index in [1.165, 1.54) is 23.5 Å². The Balaban J connectivity index is 2.35. The van der Waals surface area contributed by atoms with Gasteiger partial charge in [-0.25, -0.2) is 0 Å². The summed E-state index contributed by atoms with van der Waals surface area (Å²) in [7, 11) is 0. The number of aryl methyl sites for hydroxylation is 1. The lowest BCUT2D eigenvalue weighted by molar-refractivity contribution is 0.102. The molecule has 1 aromatic heterocycles. The summed E-state index contributed by atoms with van der Waals surface area (Å²) in [6.07, 6.45) is 0. The Morgan fingerprint density at radius 1 is 1.33 bits per heavy atom. The van der Waals surface area contributed by atoms with Gasteiger partial charge in [0.15, 0.2) is 0 Å². The van der Waals surface area contributed by atoms with Crippen molar-refractivity contribution in [3.05, 3.63) is 43.7 Å². The van der Waals surface area contributed by atoms with Crippen LogP contribution in [-0.2, 0) is 0 Å². The maximum atomic E-state index is 12.2. The van der Waals surface area contributed by atoms with Crippen molar-refractivity contribution in [2.75, 3.05) is 11.1 Å². The fraction of sp³-hybridized carbons (Fsp3) is 0.143. The number of nitrogens with zero attached hydrogens (tertiary/aromatic N) is 1. The van der Waals surface area contributed by atoms with Crippen LogP contribution in [0.5, 0.6) is 0 Å². The molecule has 0 aliphatic carbocycles. The second kappa shape index (κ2) is 5.94. The number of nitriles is 1. The Morgan fingerprint density at radius 2 is 1.90 bits per heavy atom. The van der Waals surface area contributed by atoms with E-state index in [0.717, 1.165) is 10.4 Å². The van der Waals surface area contributed by atoms with Gasteiger partial charge in [0.1, 0.15) is 11.1 Å². The highest BCUT2D eigenvalue weighted by atomic mass is 35.5. The van der Waals surface area contributed by atoms with Crippen LogP contribution < -0.4 is 11.1 Å². The first-order valence-electron chi connectivity index (χ1n) is 5.91. The first kappa shape index (κ1) is 15.6. The summed E-state index contributed by atoms with van der Waals surface area (Å²) in [4.78, 5) is 13.2. The molecule has 2 rings (SSSR count). The predicted molar refractivity (Wildman–Crippen MR) is 87.3 cm³/mol. The Labute approximate surface area is 136 Å². The zero-order valence-electron chi connectivity index (χ0n) is 11.3. The van der Waals surface area contributed by atoms with E-state index >= 15 is 0 Å². The summed E-state index contributed by atoms with van der Waals surface area (Å²) >= 11 is 13.2. The second-order valence-electron chi connectivity index (χ2n) is 4.41. The molecule has 0 fully saturated rings. The van der Waals surface area contributed by atoms with Crippen LogP contribution in [0, 0.1) is 25.2 Å². The minimum Gasteiger partial charge on any atom is -0.396 e. The van der Waals surface area contributed by atoms with Gasteiger partial charge in [-0.3, -0.25) is 4.79 Å². The third-order valence-corrected chi connectivity index (χ3v) is 4.81. The molecule has 0 aliphatic heterocycles. The second-order valence-corrected chi connectivity index (χ2v) is 6.45. The van der Waals surface area contributed by atoms with Crippen LogP contribution in [0.15, 0.2) is 12.1 Å². The summed E-state index contributed by atoms with van der Waals surface area (Å²) in [5.74, 6) is -0.392. The molecule has 0 radical (unpaired) electrons. The van der Waals surface area contributed by atoms with Crippen molar-refractivity contribution in [1.29, 1.82) is 5.26 Å². The Morgan fingerprint density at radius 3 is 2.43 bits per heavy atom. The molecule has 1 heterocycles. The minimum atomic E-state index is -0.392. The molecule has 21 heavy (non-hydrogen) atoms. The summed E-state index contributed by atoms with van der Waals surface area (Å²) < 4.78 is 0. The Kier molecular flexibility index (Phi) is 4.43. The molecule has 4 nitrogen and oxygen atoms in total. The number of benzene rings is 1. The van der Waals surface area contributed by atoms with Crippen molar-refractivity contribution >= 4 is 51.1 Å². The number of hydrogen-bond donors (Lipinski definition) is 2. The summed E-state index contributed by atoms with van der Waals surface area (Å²) in [5, 5.41) is 12.8. The largest absolute Gasteiger partial charge is 0.396 e. The highest BCUT2D eigenvalue weighted by Crippen LogP contribution is 2.33. The fourth-order valence-electron chi connectivity index (χ4n) is 1.74. The fourth-order valence-corrected chi connectivity index (χ4v) is 3.23. The van der Waals surface area contributed by atoms with Crippen molar-refractivity contribution in [1.82, 2.24) is 0 Å². The zero-order chi connectivity index (χ0) is 15.7. The SMILES string of the molecule is Cc1sc(NC(=O)c2cc(Cl)c(N)c(Cl)c2)c(C#N)c1C. The van der Waals surface area contributed by atoms with Gasteiger partial charge < -0.3 is 11.1 Å². The smallest absolute Gasteiger partial charge is 0.256 e. The molecular weight excluding hydrogens is 329 g/mol. The van der Waals surface area contributed by atoms with Gasteiger partial charge >= 0.3 is 0 Å². The lowest BCUT2D eigenvalue weighted by Gasteiger charge is -2.07. The van der Waals surface area contributed by atoms with Gasteiger partial charge in [-0.05, 0) is 31.5 Å². The van der Waals surface area contributed by atoms with Crippen molar-refractivity contribution in [3.63, 3.8) is 0 Å². The number of hydrogen-bond acceptors (Lipinski definition) is 4. The van der Waals surface area contributed by atoms with Crippen molar-refractivity contribution in [2.24, 2.45) is 0 Å². The standard InChI is InChI=1S/C14H11Cl2N3OS/c1-6-7(2)21-14(9(6)5-17)19-13(20)8-3-10(15)12(18)11(16)4-8/h3-4H,18H2,1-2H3,(H,19,20). The van der Waals surface area contributed by atoms with Gasteiger partial charge in [0, 0.05) is 10.4 Å². The van der Waals surface area contributed by atoms with Gasteiger partial charge in [-0.2, -0.15) is 5.26 Å². The number of nitrogens with one attached hydrogen (secondary N) is 1. The van der Waals surface area contributed by atoms with Gasteiger partial charge in [0.25, 0.3) is 5.91 Å².